The Bertz CT molecular complexity index is 854. The molecule has 0 radical (unpaired) electrons. The lowest BCUT2D eigenvalue weighted by atomic mass is 9.80. The average Bonchev–Trinajstić information content (AvgIpc) is 2.87. The number of amides is 2. The second kappa shape index (κ2) is 19.1. The molecule has 0 aliphatic rings. The van der Waals surface area contributed by atoms with Gasteiger partial charge < -0.3 is 36.1 Å². The van der Waals surface area contributed by atoms with Crippen molar-refractivity contribution < 1.29 is 28.9 Å². The third-order valence-corrected chi connectivity index (χ3v) is 7.19. The normalized spacial score (nSPS) is 15.2. The first kappa shape index (κ1) is 36.9. The predicted molar refractivity (Wildman–Crippen MR) is 157 cm³/mol. The number of benzene rings is 1. The maximum absolute atomic E-state index is 12.8. The summed E-state index contributed by atoms with van der Waals surface area (Å²) >= 11 is 0. The molecule has 9 nitrogen and oxygen atoms in total. The molecule has 0 heterocycles. The van der Waals surface area contributed by atoms with Gasteiger partial charge in [-0.2, -0.15) is 0 Å². The van der Waals surface area contributed by atoms with Gasteiger partial charge in [0.25, 0.3) is 0 Å². The fraction of sp³-hybridized carbons (Fsp3) is 0.724. The van der Waals surface area contributed by atoms with E-state index < -0.39 is 29.9 Å². The zero-order chi connectivity index (χ0) is 28.8. The number of nitrogens with one attached hydrogen (secondary N) is 1. The number of aliphatic hydroxyl groups is 1. The van der Waals surface area contributed by atoms with E-state index in [1.54, 1.807) is 21.1 Å². The molecule has 5 atom stereocenters. The smallest absolute Gasteiger partial charge is 0.223 e. The highest BCUT2D eigenvalue weighted by Crippen LogP contribution is 2.31. The van der Waals surface area contributed by atoms with Crippen LogP contribution in [0, 0.1) is 29.6 Å². The molecule has 1 rings (SSSR count). The number of carbonyl (C=O) groups is 2. The largest absolute Gasteiger partial charge is 0.493 e. The molecule has 0 fully saturated rings. The molecule has 6 N–H and O–H groups in total. The first-order valence-corrected chi connectivity index (χ1v) is 13.7. The van der Waals surface area contributed by atoms with Gasteiger partial charge in [0.15, 0.2) is 11.5 Å². The highest BCUT2D eigenvalue weighted by atomic mass is 35.5. The number of aliphatic hydroxyl groups excluding tert-OH is 1. The highest BCUT2D eigenvalue weighted by Gasteiger charge is 2.30. The van der Waals surface area contributed by atoms with Crippen LogP contribution in [0.5, 0.6) is 11.5 Å². The summed E-state index contributed by atoms with van der Waals surface area (Å²) in [5.41, 5.74) is 12.9. The topological polar surface area (TPSA) is 146 Å². The van der Waals surface area contributed by atoms with Gasteiger partial charge in [0.2, 0.25) is 11.8 Å². The first-order chi connectivity index (χ1) is 17.9. The lowest BCUT2D eigenvalue weighted by Gasteiger charge is -2.30. The van der Waals surface area contributed by atoms with Crippen molar-refractivity contribution in [1.82, 2.24) is 5.32 Å². The van der Waals surface area contributed by atoms with Gasteiger partial charge in [-0.25, -0.2) is 0 Å². The van der Waals surface area contributed by atoms with Gasteiger partial charge in [-0.15, -0.1) is 12.4 Å². The summed E-state index contributed by atoms with van der Waals surface area (Å²) in [5, 5.41) is 13.8. The molecule has 1 aromatic rings. The molecule has 0 bridgehead atoms. The Morgan fingerprint density at radius 2 is 1.67 bits per heavy atom. The Hall–Kier alpha value is -2.07. The fourth-order valence-corrected chi connectivity index (χ4v) is 4.35. The average molecular weight is 574 g/mol. The predicted octanol–water partition coefficient (Wildman–Crippen LogP) is 3.33. The molecule has 1 aromatic carbocycles. The van der Waals surface area contributed by atoms with E-state index in [0.717, 1.165) is 18.4 Å². The van der Waals surface area contributed by atoms with Crippen molar-refractivity contribution in [3.05, 3.63) is 23.8 Å². The van der Waals surface area contributed by atoms with E-state index in [-0.39, 0.29) is 43.1 Å². The van der Waals surface area contributed by atoms with Gasteiger partial charge in [0.05, 0.1) is 25.7 Å². The van der Waals surface area contributed by atoms with Gasteiger partial charge in [-0.1, -0.05) is 40.7 Å². The third kappa shape index (κ3) is 13.2. The second-order valence-electron chi connectivity index (χ2n) is 11.0. The number of methoxy groups -OCH3 is 2. The summed E-state index contributed by atoms with van der Waals surface area (Å²) < 4.78 is 16.5. The van der Waals surface area contributed by atoms with Gasteiger partial charge in [0, 0.05) is 38.6 Å². The second-order valence-corrected chi connectivity index (χ2v) is 11.0. The van der Waals surface area contributed by atoms with Crippen LogP contribution in [0.3, 0.4) is 0 Å². The number of nitrogens with two attached hydrogens (primary N) is 2. The fourth-order valence-electron chi connectivity index (χ4n) is 4.35. The summed E-state index contributed by atoms with van der Waals surface area (Å²) in [7, 11) is 3.29. The minimum Gasteiger partial charge on any atom is -0.493 e. The molecule has 0 aliphatic carbocycles. The van der Waals surface area contributed by atoms with Crippen molar-refractivity contribution in [3.8, 4) is 11.5 Å². The Labute approximate surface area is 241 Å². The SMILES string of the molecule is COCCCOc1cc(C[C@@H](C[C@H](N)[C@@H](O)C[C@H](C(=O)NC[C@@H](C)C(N)=O)C(C)C)C(C)C)ccc1OC.Cl. The number of primary amides is 1. The van der Waals surface area contributed by atoms with Crippen molar-refractivity contribution in [3.63, 3.8) is 0 Å². The molecule has 0 aliphatic heterocycles. The van der Waals surface area contributed by atoms with Crippen LogP contribution >= 0.6 is 12.4 Å². The molecule has 39 heavy (non-hydrogen) atoms. The Morgan fingerprint density at radius 1 is 1.00 bits per heavy atom. The molecule has 10 heteroatoms. The van der Waals surface area contributed by atoms with E-state index in [2.05, 4.69) is 19.2 Å². The number of carbonyl (C=O) groups excluding carboxylic acids is 2. The molecule has 0 saturated heterocycles. The lowest BCUT2D eigenvalue weighted by Crippen LogP contribution is -2.44. The molecule has 0 spiro atoms. The van der Waals surface area contributed by atoms with Gasteiger partial charge in [0.1, 0.15) is 0 Å². The summed E-state index contributed by atoms with van der Waals surface area (Å²) in [6, 6.07) is 5.47. The number of hydrogen-bond donors (Lipinski definition) is 4. The monoisotopic (exact) mass is 573 g/mol. The minimum atomic E-state index is -0.835. The van der Waals surface area contributed by atoms with Gasteiger partial charge in [-0.3, -0.25) is 9.59 Å². The third-order valence-electron chi connectivity index (χ3n) is 7.19. The quantitative estimate of drug-likeness (QED) is 0.186. The summed E-state index contributed by atoms with van der Waals surface area (Å²) in [6.07, 6.45) is 1.58. The van der Waals surface area contributed by atoms with Crippen LogP contribution in [0.25, 0.3) is 0 Å². The number of halogens is 1. The van der Waals surface area contributed by atoms with Crippen LogP contribution < -0.4 is 26.3 Å². The first-order valence-electron chi connectivity index (χ1n) is 13.7. The van der Waals surface area contributed by atoms with Crippen molar-refractivity contribution in [2.24, 2.45) is 41.1 Å². The highest BCUT2D eigenvalue weighted by molar-refractivity contribution is 5.85. The van der Waals surface area contributed by atoms with E-state index in [1.165, 1.54) is 0 Å². The molecular weight excluding hydrogens is 522 g/mol. The van der Waals surface area contributed by atoms with Crippen molar-refractivity contribution in [2.75, 3.05) is 34.0 Å². The van der Waals surface area contributed by atoms with E-state index >= 15 is 0 Å². The zero-order valence-corrected chi connectivity index (χ0v) is 25.6. The Kier molecular flexibility index (Phi) is 18.1. The van der Waals surface area contributed by atoms with Crippen LogP contribution in [0.1, 0.15) is 59.4 Å². The van der Waals surface area contributed by atoms with Crippen LogP contribution in [0.15, 0.2) is 18.2 Å². The van der Waals surface area contributed by atoms with E-state index in [4.69, 9.17) is 25.7 Å². The molecule has 0 aromatic heterocycles. The summed E-state index contributed by atoms with van der Waals surface area (Å²) in [5.74, 6) is 0.395. The zero-order valence-electron chi connectivity index (χ0n) is 24.8. The number of hydrogen-bond acceptors (Lipinski definition) is 7. The van der Waals surface area contributed by atoms with Crippen molar-refractivity contribution >= 4 is 24.2 Å². The maximum atomic E-state index is 12.8. The Morgan fingerprint density at radius 3 is 2.21 bits per heavy atom. The van der Waals surface area contributed by atoms with Crippen molar-refractivity contribution in [1.29, 1.82) is 0 Å². The maximum Gasteiger partial charge on any atom is 0.223 e. The Balaban J connectivity index is 0.0000144. The number of rotatable bonds is 19. The standard InChI is InChI=1S/C29H51N3O6.ClH/c1-18(2)22(13-21-9-10-26(37-7)27(14-21)38-12-8-11-36-6)15-24(30)25(33)16-23(19(3)4)29(35)32-17-20(5)28(31)34;/h9-10,14,18-20,22-25,33H,8,11-13,15-17,30H2,1-7H3,(H2,31,34)(H,32,35);1H/t20-,22+,23+,24+,25+;/m1./s1. The summed E-state index contributed by atoms with van der Waals surface area (Å²) in [6.45, 7) is 11.2. The molecule has 0 saturated carbocycles. The van der Waals surface area contributed by atoms with Crippen LogP contribution in [0.2, 0.25) is 0 Å². The number of ether oxygens (including phenoxy) is 3. The molecule has 2 amide bonds. The van der Waals surface area contributed by atoms with E-state index in [9.17, 15) is 14.7 Å². The minimum absolute atomic E-state index is 0. The molecular formula is C29H52ClN3O6. The van der Waals surface area contributed by atoms with E-state index in [0.29, 0.717) is 37.1 Å². The van der Waals surface area contributed by atoms with Crippen LogP contribution in [-0.2, 0) is 20.7 Å². The lowest BCUT2D eigenvalue weighted by molar-refractivity contribution is -0.128. The van der Waals surface area contributed by atoms with Crippen LogP contribution in [-0.4, -0.2) is 63.0 Å². The van der Waals surface area contributed by atoms with E-state index in [1.807, 2.05) is 32.0 Å². The van der Waals surface area contributed by atoms with Crippen LogP contribution in [0.4, 0.5) is 0 Å². The molecule has 0 unspecified atom stereocenters. The molecule has 226 valence electrons. The van der Waals surface area contributed by atoms with Crippen molar-refractivity contribution in [2.45, 2.75) is 72.4 Å². The van der Waals surface area contributed by atoms with Gasteiger partial charge in [-0.05, 0) is 54.7 Å². The summed E-state index contributed by atoms with van der Waals surface area (Å²) in [4.78, 5) is 24.1. The van der Waals surface area contributed by atoms with Gasteiger partial charge >= 0.3 is 0 Å².